The number of hydrazone groups is 1. The summed E-state index contributed by atoms with van der Waals surface area (Å²) >= 11 is 0. The zero-order valence-electron chi connectivity index (χ0n) is 14.8. The molecule has 2 rings (SSSR count). The quantitative estimate of drug-likeness (QED) is 0.499. The lowest BCUT2D eigenvalue weighted by Crippen LogP contribution is -2.33. The number of amides is 2. The number of carbonyl (C=O) groups excluding carboxylic acids is 2. The highest BCUT2D eigenvalue weighted by Crippen LogP contribution is 2.16. The summed E-state index contributed by atoms with van der Waals surface area (Å²) in [4.78, 5) is 23.9. The highest BCUT2D eigenvalue weighted by molar-refractivity contribution is 6.39. The number of nitrogens with one attached hydrogen (secondary N) is 2. The van der Waals surface area contributed by atoms with Crippen LogP contribution in [-0.2, 0) is 16.0 Å². The molecule has 0 aliphatic carbocycles. The third-order valence-corrected chi connectivity index (χ3v) is 3.81. The van der Waals surface area contributed by atoms with Gasteiger partial charge >= 0.3 is 11.8 Å². The molecule has 0 saturated carbocycles. The molecule has 0 unspecified atom stereocenters. The average Bonchev–Trinajstić information content (AvgIpc) is 2.61. The van der Waals surface area contributed by atoms with Crippen LogP contribution in [0.3, 0.4) is 0 Å². The summed E-state index contributed by atoms with van der Waals surface area (Å²) in [7, 11) is 0. The van der Waals surface area contributed by atoms with Gasteiger partial charge < -0.3 is 5.32 Å². The van der Waals surface area contributed by atoms with Gasteiger partial charge in [-0.15, -0.1) is 0 Å². The van der Waals surface area contributed by atoms with Gasteiger partial charge in [-0.1, -0.05) is 42.5 Å². The number of rotatable bonds is 5. The summed E-state index contributed by atoms with van der Waals surface area (Å²) in [6.07, 6.45) is 1.55. The molecule has 0 saturated heterocycles. The van der Waals surface area contributed by atoms with Crippen molar-refractivity contribution in [2.45, 2.75) is 33.6 Å². The first-order valence-electron chi connectivity index (χ1n) is 8.21. The van der Waals surface area contributed by atoms with Crippen LogP contribution in [0.2, 0.25) is 0 Å². The third kappa shape index (κ3) is 5.88. The topological polar surface area (TPSA) is 70.6 Å². The predicted octanol–water partition coefficient (Wildman–Crippen LogP) is 3.37. The van der Waals surface area contributed by atoms with E-state index in [1.54, 1.807) is 0 Å². The molecule has 2 aromatic rings. The Balaban J connectivity index is 1.85. The monoisotopic (exact) mass is 337 g/mol. The van der Waals surface area contributed by atoms with Crippen LogP contribution in [0.15, 0.2) is 53.6 Å². The predicted molar refractivity (Wildman–Crippen MR) is 101 cm³/mol. The molecule has 0 aliphatic heterocycles. The summed E-state index contributed by atoms with van der Waals surface area (Å²) in [6, 6.07) is 15.7. The highest BCUT2D eigenvalue weighted by atomic mass is 16.2. The summed E-state index contributed by atoms with van der Waals surface area (Å²) in [6.45, 7) is 5.63. The second-order valence-electron chi connectivity index (χ2n) is 6.05. The van der Waals surface area contributed by atoms with Crippen LogP contribution in [0, 0.1) is 13.8 Å². The van der Waals surface area contributed by atoms with E-state index in [9.17, 15) is 9.59 Å². The lowest BCUT2D eigenvalue weighted by molar-refractivity contribution is -0.136. The Labute approximate surface area is 148 Å². The fourth-order valence-corrected chi connectivity index (χ4v) is 2.27. The summed E-state index contributed by atoms with van der Waals surface area (Å²) in [5, 5.41) is 6.61. The molecule has 5 heteroatoms. The van der Waals surface area contributed by atoms with Gasteiger partial charge in [-0.05, 0) is 56.4 Å². The van der Waals surface area contributed by atoms with E-state index < -0.39 is 11.8 Å². The van der Waals surface area contributed by atoms with E-state index in [0.717, 1.165) is 23.3 Å². The lowest BCUT2D eigenvalue weighted by Gasteiger charge is -2.08. The molecular weight excluding hydrogens is 314 g/mol. The van der Waals surface area contributed by atoms with E-state index in [0.29, 0.717) is 12.1 Å². The number of anilines is 1. The number of hydrogen-bond acceptors (Lipinski definition) is 3. The van der Waals surface area contributed by atoms with Crippen molar-refractivity contribution < 1.29 is 9.59 Å². The van der Waals surface area contributed by atoms with Gasteiger partial charge in [0.05, 0.1) is 0 Å². The average molecular weight is 337 g/mol. The maximum absolute atomic E-state index is 12.0. The van der Waals surface area contributed by atoms with Gasteiger partial charge in [-0.2, -0.15) is 5.10 Å². The molecule has 0 aromatic heterocycles. The fourth-order valence-electron chi connectivity index (χ4n) is 2.27. The van der Waals surface area contributed by atoms with Gasteiger partial charge in [0.15, 0.2) is 0 Å². The maximum Gasteiger partial charge on any atom is 0.329 e. The van der Waals surface area contributed by atoms with Gasteiger partial charge in [0.25, 0.3) is 0 Å². The Morgan fingerprint density at radius 1 is 1.00 bits per heavy atom. The van der Waals surface area contributed by atoms with Crippen molar-refractivity contribution in [3.05, 3.63) is 65.2 Å². The van der Waals surface area contributed by atoms with Crippen molar-refractivity contribution in [2.75, 3.05) is 5.32 Å². The smallest absolute Gasteiger partial charge is 0.317 e. The SMILES string of the molecule is C/C(CCc1ccccc1)=N\NC(=O)C(=O)Nc1cc(C)ccc1C. The van der Waals surface area contributed by atoms with Crippen LogP contribution in [0.1, 0.15) is 30.0 Å². The number of hydrogen-bond donors (Lipinski definition) is 2. The van der Waals surface area contributed by atoms with Crippen LogP contribution in [0.5, 0.6) is 0 Å². The molecule has 25 heavy (non-hydrogen) atoms. The molecule has 2 amide bonds. The first kappa shape index (κ1) is 18.4. The van der Waals surface area contributed by atoms with E-state index in [1.165, 1.54) is 5.56 Å². The summed E-state index contributed by atoms with van der Waals surface area (Å²) < 4.78 is 0. The molecule has 5 nitrogen and oxygen atoms in total. The van der Waals surface area contributed by atoms with E-state index in [1.807, 2.05) is 69.3 Å². The zero-order valence-corrected chi connectivity index (χ0v) is 14.8. The minimum Gasteiger partial charge on any atom is -0.317 e. The molecule has 0 atom stereocenters. The van der Waals surface area contributed by atoms with Gasteiger partial charge in [-0.3, -0.25) is 9.59 Å². The first-order chi connectivity index (χ1) is 12.0. The Morgan fingerprint density at radius 3 is 2.44 bits per heavy atom. The molecule has 0 spiro atoms. The summed E-state index contributed by atoms with van der Waals surface area (Å²) in [5.41, 5.74) is 6.81. The Hall–Kier alpha value is -2.95. The Kier molecular flexibility index (Phi) is 6.46. The molecule has 2 aromatic carbocycles. The molecule has 130 valence electrons. The van der Waals surface area contributed by atoms with Crippen LogP contribution in [0.25, 0.3) is 0 Å². The normalized spacial score (nSPS) is 11.1. The lowest BCUT2D eigenvalue weighted by atomic mass is 10.1. The minimum atomic E-state index is -0.778. The van der Waals surface area contributed by atoms with Crippen LogP contribution < -0.4 is 10.7 Å². The second kappa shape index (κ2) is 8.78. The molecular formula is C20H23N3O2. The van der Waals surface area contributed by atoms with Gasteiger partial charge in [0.2, 0.25) is 0 Å². The zero-order chi connectivity index (χ0) is 18.2. The Bertz CT molecular complexity index is 783. The van der Waals surface area contributed by atoms with Crippen LogP contribution in [-0.4, -0.2) is 17.5 Å². The van der Waals surface area contributed by atoms with Crippen LogP contribution >= 0.6 is 0 Å². The van der Waals surface area contributed by atoms with Crippen molar-refractivity contribution in [1.82, 2.24) is 5.43 Å². The van der Waals surface area contributed by atoms with Gasteiger partial charge in [-0.25, -0.2) is 5.43 Å². The minimum absolute atomic E-state index is 0.630. The van der Waals surface area contributed by atoms with Crippen molar-refractivity contribution in [2.24, 2.45) is 5.10 Å². The highest BCUT2D eigenvalue weighted by Gasteiger charge is 2.14. The first-order valence-corrected chi connectivity index (χ1v) is 8.21. The molecule has 0 heterocycles. The second-order valence-corrected chi connectivity index (χ2v) is 6.05. The molecule has 0 fully saturated rings. The largest absolute Gasteiger partial charge is 0.329 e. The third-order valence-electron chi connectivity index (χ3n) is 3.81. The van der Waals surface area contributed by atoms with Crippen molar-refractivity contribution in [3.8, 4) is 0 Å². The summed E-state index contributed by atoms with van der Waals surface area (Å²) in [5.74, 6) is -1.51. The Morgan fingerprint density at radius 2 is 1.72 bits per heavy atom. The van der Waals surface area contributed by atoms with Gasteiger partial charge in [0.1, 0.15) is 0 Å². The number of carbonyl (C=O) groups is 2. The number of aryl methyl sites for hydroxylation is 3. The van der Waals surface area contributed by atoms with Crippen LogP contribution in [0.4, 0.5) is 5.69 Å². The molecule has 0 bridgehead atoms. The van der Waals surface area contributed by atoms with Crippen molar-refractivity contribution >= 4 is 23.2 Å². The van der Waals surface area contributed by atoms with Crippen molar-refractivity contribution in [1.29, 1.82) is 0 Å². The molecule has 0 radical (unpaired) electrons. The fraction of sp³-hybridized carbons (Fsp3) is 0.250. The van der Waals surface area contributed by atoms with E-state index in [-0.39, 0.29) is 0 Å². The van der Waals surface area contributed by atoms with E-state index in [4.69, 9.17) is 0 Å². The molecule has 2 N–H and O–H groups in total. The maximum atomic E-state index is 12.0. The van der Waals surface area contributed by atoms with Crippen molar-refractivity contribution in [3.63, 3.8) is 0 Å². The standard InChI is InChI=1S/C20H23N3O2/c1-14-9-10-15(2)18(13-14)21-19(24)20(25)23-22-16(3)11-12-17-7-5-4-6-8-17/h4-10,13H,11-12H2,1-3H3,(H,21,24)(H,23,25)/b22-16+. The number of benzene rings is 2. The van der Waals surface area contributed by atoms with Gasteiger partial charge in [0, 0.05) is 11.4 Å². The van der Waals surface area contributed by atoms with E-state index >= 15 is 0 Å². The van der Waals surface area contributed by atoms with E-state index in [2.05, 4.69) is 15.8 Å². The molecule has 0 aliphatic rings. The number of nitrogens with zero attached hydrogens (tertiary/aromatic N) is 1.